The number of rotatable bonds is 4. The van der Waals surface area contributed by atoms with E-state index in [0.29, 0.717) is 16.8 Å². The third-order valence-electron chi connectivity index (χ3n) is 5.43. The maximum absolute atomic E-state index is 12.2. The van der Waals surface area contributed by atoms with Crippen LogP contribution in [0.15, 0.2) is 47.3 Å². The third-order valence-corrected chi connectivity index (χ3v) is 5.43. The van der Waals surface area contributed by atoms with E-state index in [0.717, 1.165) is 42.6 Å². The van der Waals surface area contributed by atoms with Crippen molar-refractivity contribution in [2.24, 2.45) is 0 Å². The van der Waals surface area contributed by atoms with E-state index < -0.39 is 0 Å². The first-order valence-corrected chi connectivity index (χ1v) is 10.2. The van der Waals surface area contributed by atoms with Gasteiger partial charge < -0.3 is 10.2 Å². The number of aromatic amines is 1. The van der Waals surface area contributed by atoms with Crippen molar-refractivity contribution in [1.82, 2.24) is 10.2 Å². The fourth-order valence-electron chi connectivity index (χ4n) is 3.97. The number of nitrogens with zero attached hydrogens (tertiary/aromatic N) is 3. The van der Waals surface area contributed by atoms with Gasteiger partial charge in [0.05, 0.1) is 28.5 Å². The fraction of sp³-hybridized carbons (Fsp3) is 0.304. The molecule has 1 aromatic heterocycles. The lowest BCUT2D eigenvalue weighted by molar-refractivity contribution is -0.115. The number of benzene rings is 2. The highest BCUT2D eigenvalue weighted by atomic mass is 16.1. The summed E-state index contributed by atoms with van der Waals surface area (Å²) in [5.41, 5.74) is 2.79. The van der Waals surface area contributed by atoms with Crippen molar-refractivity contribution in [3.05, 3.63) is 52.8 Å². The number of anilines is 2. The molecule has 152 valence electrons. The van der Waals surface area contributed by atoms with Crippen molar-refractivity contribution in [3.8, 4) is 17.3 Å². The highest BCUT2D eigenvalue weighted by Gasteiger charge is 2.17. The Kier molecular flexibility index (Phi) is 5.75. The molecule has 4 rings (SSSR count). The zero-order valence-corrected chi connectivity index (χ0v) is 16.6. The second-order valence-electron chi connectivity index (χ2n) is 7.46. The summed E-state index contributed by atoms with van der Waals surface area (Å²) in [6.45, 7) is 1.86. The monoisotopic (exact) mass is 401 g/mol. The number of carbonyl (C=O) groups excluding carboxylic acids is 1. The topological polar surface area (TPSA) is 102 Å². The van der Waals surface area contributed by atoms with E-state index in [2.05, 4.69) is 20.4 Å². The van der Waals surface area contributed by atoms with Crippen LogP contribution in [-0.4, -0.2) is 29.2 Å². The first-order valence-electron chi connectivity index (χ1n) is 10.2. The van der Waals surface area contributed by atoms with Crippen molar-refractivity contribution < 1.29 is 4.79 Å². The molecular weight excluding hydrogens is 378 g/mol. The highest BCUT2D eigenvalue weighted by Crippen LogP contribution is 2.34. The molecule has 2 heterocycles. The molecule has 0 spiro atoms. The Balaban J connectivity index is 1.81. The Bertz CT molecular complexity index is 1170. The van der Waals surface area contributed by atoms with Gasteiger partial charge in [-0.1, -0.05) is 37.1 Å². The average molecular weight is 401 g/mol. The van der Waals surface area contributed by atoms with Gasteiger partial charge in [-0.3, -0.25) is 9.59 Å². The summed E-state index contributed by atoms with van der Waals surface area (Å²) in [5.74, 6) is -0.343. The van der Waals surface area contributed by atoms with Crippen LogP contribution in [0.25, 0.3) is 22.0 Å². The van der Waals surface area contributed by atoms with Gasteiger partial charge >= 0.3 is 0 Å². The minimum atomic E-state index is -0.343. The van der Waals surface area contributed by atoms with E-state index in [1.807, 2.05) is 42.5 Å². The van der Waals surface area contributed by atoms with Gasteiger partial charge in [-0.25, -0.2) is 5.10 Å². The van der Waals surface area contributed by atoms with Crippen LogP contribution >= 0.6 is 0 Å². The predicted molar refractivity (Wildman–Crippen MR) is 117 cm³/mol. The molecule has 2 N–H and O–H groups in total. The maximum Gasteiger partial charge on any atom is 0.272 e. The highest BCUT2D eigenvalue weighted by molar-refractivity contribution is 5.99. The number of nitrogens with one attached hydrogen (secondary N) is 2. The van der Waals surface area contributed by atoms with E-state index in [9.17, 15) is 9.59 Å². The van der Waals surface area contributed by atoms with Crippen molar-refractivity contribution >= 4 is 28.1 Å². The lowest BCUT2D eigenvalue weighted by Gasteiger charge is -2.26. The molecule has 0 bridgehead atoms. The summed E-state index contributed by atoms with van der Waals surface area (Å²) < 4.78 is 0. The van der Waals surface area contributed by atoms with E-state index in [-0.39, 0.29) is 17.9 Å². The minimum absolute atomic E-state index is 0.205. The maximum atomic E-state index is 12.2. The summed E-state index contributed by atoms with van der Waals surface area (Å²) in [5, 5.41) is 19.9. The number of H-pyrrole nitrogens is 1. The van der Waals surface area contributed by atoms with Crippen molar-refractivity contribution in [3.63, 3.8) is 0 Å². The number of aromatic nitrogens is 2. The van der Waals surface area contributed by atoms with Crippen LogP contribution in [0.1, 0.15) is 32.1 Å². The Morgan fingerprint density at radius 3 is 2.57 bits per heavy atom. The van der Waals surface area contributed by atoms with Gasteiger partial charge in [0.25, 0.3) is 5.56 Å². The number of nitriles is 1. The Labute approximate surface area is 174 Å². The number of carbonyl (C=O) groups is 1. The van der Waals surface area contributed by atoms with Gasteiger partial charge in [0.2, 0.25) is 5.91 Å². The Morgan fingerprint density at radius 2 is 1.83 bits per heavy atom. The molecule has 2 aromatic carbocycles. The van der Waals surface area contributed by atoms with E-state index in [1.165, 1.54) is 12.8 Å². The zero-order valence-electron chi connectivity index (χ0n) is 16.6. The molecule has 0 aliphatic carbocycles. The fourth-order valence-corrected chi connectivity index (χ4v) is 3.97. The molecule has 0 saturated carbocycles. The van der Waals surface area contributed by atoms with Crippen molar-refractivity contribution in [1.29, 1.82) is 5.26 Å². The SMILES string of the molecule is N#CCC(=O)Nc1cc(-c2n[nH]c(=O)c3ccccc23)ccc1N1CCCCCC1. The molecular formula is C23H23N5O2. The van der Waals surface area contributed by atoms with Gasteiger partial charge in [-0.05, 0) is 31.0 Å². The summed E-state index contributed by atoms with van der Waals surface area (Å²) in [4.78, 5) is 26.6. The molecule has 1 amide bonds. The number of hydrogen-bond acceptors (Lipinski definition) is 5. The third kappa shape index (κ3) is 4.03. The second-order valence-corrected chi connectivity index (χ2v) is 7.46. The minimum Gasteiger partial charge on any atom is -0.370 e. The second kappa shape index (κ2) is 8.78. The van der Waals surface area contributed by atoms with E-state index in [4.69, 9.17) is 5.26 Å². The normalized spacial score (nSPS) is 14.2. The zero-order chi connectivity index (χ0) is 20.9. The standard InChI is InChI=1S/C23H23N5O2/c24-12-11-21(29)25-19-15-16(9-10-20(19)28-13-5-1-2-6-14-28)22-17-7-3-4-8-18(17)23(30)27-26-22/h3-4,7-10,15H,1-2,5-6,11,13-14H2,(H,25,29)(H,27,30). The molecule has 30 heavy (non-hydrogen) atoms. The number of hydrogen-bond donors (Lipinski definition) is 2. The van der Waals surface area contributed by atoms with E-state index >= 15 is 0 Å². The summed E-state index contributed by atoms with van der Waals surface area (Å²) in [6.07, 6.45) is 4.43. The Hall–Kier alpha value is -3.66. The predicted octanol–water partition coefficient (Wildman–Crippen LogP) is 3.82. The lowest BCUT2D eigenvalue weighted by atomic mass is 10.0. The summed E-state index contributed by atoms with van der Waals surface area (Å²) in [7, 11) is 0. The molecule has 3 aromatic rings. The smallest absolute Gasteiger partial charge is 0.272 e. The van der Waals surface area contributed by atoms with Crippen LogP contribution in [0, 0.1) is 11.3 Å². The van der Waals surface area contributed by atoms with Gasteiger partial charge in [-0.2, -0.15) is 10.4 Å². The van der Waals surface area contributed by atoms with Crippen LogP contribution in [0.3, 0.4) is 0 Å². The van der Waals surface area contributed by atoms with Crippen LogP contribution < -0.4 is 15.8 Å². The molecule has 1 aliphatic heterocycles. The lowest BCUT2D eigenvalue weighted by Crippen LogP contribution is -2.25. The van der Waals surface area contributed by atoms with Gasteiger partial charge in [-0.15, -0.1) is 0 Å². The molecule has 0 unspecified atom stereocenters. The van der Waals surface area contributed by atoms with E-state index in [1.54, 1.807) is 6.07 Å². The van der Waals surface area contributed by atoms with Crippen LogP contribution in [-0.2, 0) is 4.79 Å². The number of amides is 1. The Morgan fingerprint density at radius 1 is 1.10 bits per heavy atom. The molecule has 7 heteroatoms. The van der Waals surface area contributed by atoms with Crippen molar-refractivity contribution in [2.75, 3.05) is 23.3 Å². The molecule has 1 aliphatic rings. The first-order chi connectivity index (χ1) is 14.7. The van der Waals surface area contributed by atoms with Gasteiger partial charge in [0.15, 0.2) is 0 Å². The van der Waals surface area contributed by atoms with Crippen LogP contribution in [0.5, 0.6) is 0 Å². The molecule has 1 saturated heterocycles. The summed E-state index contributed by atoms with van der Waals surface area (Å²) in [6, 6.07) is 15.0. The van der Waals surface area contributed by atoms with Crippen molar-refractivity contribution in [2.45, 2.75) is 32.1 Å². The van der Waals surface area contributed by atoms with Crippen LogP contribution in [0.4, 0.5) is 11.4 Å². The molecule has 7 nitrogen and oxygen atoms in total. The quantitative estimate of drug-likeness (QED) is 0.692. The van der Waals surface area contributed by atoms with Crippen LogP contribution in [0.2, 0.25) is 0 Å². The number of fused-ring (bicyclic) bond motifs is 1. The first kappa shape index (κ1) is 19.6. The van der Waals surface area contributed by atoms with Gasteiger partial charge in [0.1, 0.15) is 6.42 Å². The molecule has 0 radical (unpaired) electrons. The molecule has 1 fully saturated rings. The largest absolute Gasteiger partial charge is 0.370 e. The average Bonchev–Trinajstić information content (AvgIpc) is 3.04. The molecule has 0 atom stereocenters. The summed E-state index contributed by atoms with van der Waals surface area (Å²) >= 11 is 0. The van der Waals surface area contributed by atoms with Gasteiger partial charge in [0, 0.05) is 24.0 Å².